The molecule has 6 heterocycles. The Balaban J connectivity index is 0.000000393. The molecule has 332 valence electrons. The molecular weight excluding hydrogens is 852 g/mol. The molecule has 3 fully saturated rings. The van der Waals surface area contributed by atoms with Crippen LogP contribution in [-0.2, 0) is 41.1 Å². The number of thioether (sulfide) groups is 2. The Morgan fingerprint density at radius 3 is 1.58 bits per heavy atom. The van der Waals surface area contributed by atoms with Crippen LogP contribution in [0.5, 0.6) is 17.2 Å². The van der Waals surface area contributed by atoms with Crippen LogP contribution in [-0.4, -0.2) is 104 Å². The van der Waals surface area contributed by atoms with Gasteiger partial charge in [-0.15, -0.1) is 0 Å². The molecule has 60 heavy (non-hydrogen) atoms. The summed E-state index contributed by atoms with van der Waals surface area (Å²) in [6, 6.07) is 0. The summed E-state index contributed by atoms with van der Waals surface area (Å²) in [7, 11) is 0. The van der Waals surface area contributed by atoms with Gasteiger partial charge in [0, 0.05) is 19.4 Å². The minimum atomic E-state index is -0.490. The van der Waals surface area contributed by atoms with Crippen molar-refractivity contribution in [3.8, 4) is 17.2 Å². The molecule has 4 N–H and O–H groups in total. The number of hydrogen-bond donors (Lipinski definition) is 4. The first-order valence-electron chi connectivity index (χ1n) is 19.9. The van der Waals surface area contributed by atoms with Crippen LogP contribution in [0.15, 0.2) is 48.4 Å². The summed E-state index contributed by atoms with van der Waals surface area (Å²) in [4.78, 5) is 63.9. The molecule has 0 aliphatic carbocycles. The molecule has 6 rings (SSSR count). The molecular formula is C38H59N6NaO12S3. The fourth-order valence-corrected chi connectivity index (χ4v) is 6.07. The number of aromatic nitrogens is 6. The molecule has 3 aliphatic rings. The third kappa shape index (κ3) is 24.1. The average Bonchev–Trinajstić information content (AvgIpc) is 3.23. The third-order valence-electron chi connectivity index (χ3n) is 7.43. The minimum absolute atomic E-state index is 0. The maximum Gasteiger partial charge on any atom is 1.00 e. The second-order valence-electron chi connectivity index (χ2n) is 12.5. The zero-order valence-corrected chi connectivity index (χ0v) is 39.9. The SMILES string of the molecule is CCC.CCOC(=O)COC1CCCCO1.CCSc1ncc(O)c(=O)[nH]1.CCSc1ncc(OC2CCCCO2)c(=O)[nH]1.O=c1[nH]c([S-])ncc1OC1CCCCO1.[Na+]. The number of aromatic amines is 3. The second-order valence-corrected chi connectivity index (χ2v) is 15.4. The van der Waals surface area contributed by atoms with Crippen LogP contribution in [0.1, 0.15) is 98.8 Å². The molecule has 22 heteroatoms. The van der Waals surface area contributed by atoms with Crippen LogP contribution < -0.4 is 55.7 Å². The van der Waals surface area contributed by atoms with E-state index in [1.807, 2.05) is 13.8 Å². The number of carbonyl (C=O) groups excluding carboxylic acids is 1. The number of aromatic hydroxyl groups is 1. The average molecular weight is 911 g/mol. The molecule has 3 atom stereocenters. The Bertz CT molecular complexity index is 1770. The van der Waals surface area contributed by atoms with E-state index in [1.165, 1.54) is 42.3 Å². The Labute approximate surface area is 386 Å². The Hall–Kier alpha value is -2.73. The van der Waals surface area contributed by atoms with Gasteiger partial charge in [-0.2, -0.15) is 0 Å². The van der Waals surface area contributed by atoms with E-state index in [0.29, 0.717) is 30.1 Å². The molecule has 0 aromatic carbocycles. The van der Waals surface area contributed by atoms with Crippen LogP contribution in [0, 0.1) is 0 Å². The molecule has 0 amide bonds. The van der Waals surface area contributed by atoms with E-state index >= 15 is 0 Å². The van der Waals surface area contributed by atoms with Crippen LogP contribution in [0.25, 0.3) is 0 Å². The summed E-state index contributed by atoms with van der Waals surface area (Å²) in [6.07, 6.45) is 13.2. The zero-order valence-electron chi connectivity index (χ0n) is 35.5. The van der Waals surface area contributed by atoms with Crippen LogP contribution in [0.3, 0.4) is 0 Å². The summed E-state index contributed by atoms with van der Waals surface area (Å²) in [5.41, 5.74) is -1.09. The first kappa shape index (κ1) is 55.3. The molecule has 0 spiro atoms. The summed E-state index contributed by atoms with van der Waals surface area (Å²) in [6.45, 7) is 12.5. The van der Waals surface area contributed by atoms with Gasteiger partial charge in [0.15, 0.2) is 34.9 Å². The van der Waals surface area contributed by atoms with E-state index < -0.39 is 5.56 Å². The second kappa shape index (κ2) is 33.8. The molecule has 3 aliphatic heterocycles. The Kier molecular flexibility index (Phi) is 31.2. The largest absolute Gasteiger partial charge is 1.00 e. The molecule has 3 aromatic rings. The molecule has 0 bridgehead atoms. The summed E-state index contributed by atoms with van der Waals surface area (Å²) >= 11 is 7.62. The predicted molar refractivity (Wildman–Crippen MR) is 225 cm³/mol. The van der Waals surface area contributed by atoms with E-state index in [1.54, 1.807) is 6.92 Å². The van der Waals surface area contributed by atoms with Gasteiger partial charge in [0.25, 0.3) is 16.7 Å². The van der Waals surface area contributed by atoms with Gasteiger partial charge in [0.1, 0.15) is 6.61 Å². The predicted octanol–water partition coefficient (Wildman–Crippen LogP) is 2.47. The van der Waals surface area contributed by atoms with Crippen molar-refractivity contribution in [1.29, 1.82) is 0 Å². The van der Waals surface area contributed by atoms with Gasteiger partial charge in [-0.25, -0.2) is 14.8 Å². The van der Waals surface area contributed by atoms with Gasteiger partial charge in [0.05, 0.1) is 38.4 Å². The first-order valence-corrected chi connectivity index (χ1v) is 22.3. The number of hydrogen-bond acceptors (Lipinski definition) is 18. The maximum atomic E-state index is 11.7. The first-order chi connectivity index (χ1) is 28.5. The molecule has 18 nitrogen and oxygen atoms in total. The smallest absolute Gasteiger partial charge is 0.742 e. The van der Waals surface area contributed by atoms with Crippen LogP contribution in [0.4, 0.5) is 0 Å². The fraction of sp³-hybridized carbons (Fsp3) is 0.658. The molecule has 0 radical (unpaired) electrons. The van der Waals surface area contributed by atoms with Crippen molar-refractivity contribution >= 4 is 42.1 Å². The number of carbonyl (C=O) groups is 1. The zero-order chi connectivity index (χ0) is 43.3. The molecule has 3 aromatic heterocycles. The number of H-pyrrole nitrogens is 3. The molecule has 3 saturated heterocycles. The van der Waals surface area contributed by atoms with Crippen molar-refractivity contribution in [2.24, 2.45) is 0 Å². The van der Waals surface area contributed by atoms with Crippen molar-refractivity contribution < 1.29 is 72.6 Å². The van der Waals surface area contributed by atoms with Gasteiger partial charge in [-0.1, -0.05) is 57.6 Å². The quantitative estimate of drug-likeness (QED) is 0.0671. The summed E-state index contributed by atoms with van der Waals surface area (Å²) in [5, 5.41) is 10.1. The Morgan fingerprint density at radius 1 is 0.717 bits per heavy atom. The maximum absolute atomic E-state index is 11.7. The van der Waals surface area contributed by atoms with E-state index in [-0.39, 0.29) is 94.5 Å². The van der Waals surface area contributed by atoms with Gasteiger partial charge >= 0.3 is 35.5 Å². The van der Waals surface area contributed by atoms with Crippen molar-refractivity contribution in [3.63, 3.8) is 0 Å². The third-order valence-corrected chi connectivity index (χ3v) is 9.18. The van der Waals surface area contributed by atoms with Crippen LogP contribution in [0.2, 0.25) is 0 Å². The summed E-state index contributed by atoms with van der Waals surface area (Å²) in [5.74, 6) is 1.44. The molecule has 3 unspecified atom stereocenters. The van der Waals surface area contributed by atoms with Crippen molar-refractivity contribution in [2.75, 3.05) is 44.5 Å². The minimum Gasteiger partial charge on any atom is -0.742 e. The fourth-order valence-electron chi connectivity index (χ4n) is 4.79. The van der Waals surface area contributed by atoms with Gasteiger partial charge in [0.2, 0.25) is 11.5 Å². The number of ether oxygens (including phenoxy) is 7. The van der Waals surface area contributed by atoms with E-state index in [2.05, 4.69) is 43.8 Å². The van der Waals surface area contributed by atoms with E-state index in [4.69, 9.17) is 50.9 Å². The van der Waals surface area contributed by atoms with Gasteiger partial charge in [-0.3, -0.25) is 29.3 Å². The normalized spacial score (nSPS) is 18.1. The standard InChI is InChI=1S/C11H16N2O3S.C9H12N2O3S.C9H16O4.C6H8N2O2S.C3H8.Na/c1-2-17-11-12-7-8(10(14)13-11)16-9-5-3-4-6-15-9;12-8-6(5-10-9(15)11-8)14-7-3-1-2-4-13-7;1-2-11-8(10)7-13-9-5-3-4-6-12-9;1-2-11-6-7-3-4(9)5(10)8-6;1-3-2;/h7,9H,2-6H2,1H3,(H,12,13,14);5,7H,1-4H2,(H2,10,11,12,15);9H,2-7H2,1H3;3,9H,2H2,1H3,(H,7,8,10);3H2,1-2H3;/q;;;;;+1/p-1. The van der Waals surface area contributed by atoms with Crippen molar-refractivity contribution in [3.05, 3.63) is 49.7 Å². The number of rotatable bonds is 12. The number of nitrogens with zero attached hydrogens (tertiary/aromatic N) is 3. The van der Waals surface area contributed by atoms with Gasteiger partial charge < -0.3 is 55.9 Å². The topological polar surface area (TPSA) is 239 Å². The Morgan fingerprint density at radius 2 is 1.17 bits per heavy atom. The van der Waals surface area contributed by atoms with E-state index in [9.17, 15) is 19.2 Å². The van der Waals surface area contributed by atoms with E-state index in [0.717, 1.165) is 82.1 Å². The van der Waals surface area contributed by atoms with Crippen molar-refractivity contribution in [2.45, 2.75) is 133 Å². The number of nitrogens with one attached hydrogen (secondary N) is 3. The van der Waals surface area contributed by atoms with Gasteiger partial charge in [-0.05, 0) is 68.5 Å². The van der Waals surface area contributed by atoms with Crippen LogP contribution >= 0.6 is 23.5 Å². The van der Waals surface area contributed by atoms with Crippen molar-refractivity contribution in [1.82, 2.24) is 29.9 Å². The monoisotopic (exact) mass is 910 g/mol. The molecule has 0 saturated carbocycles. The summed E-state index contributed by atoms with van der Waals surface area (Å²) < 4.78 is 36.8. The number of esters is 1.